The van der Waals surface area contributed by atoms with Gasteiger partial charge in [0.1, 0.15) is 0 Å². The largest absolute Gasteiger partial charge is 0.375 e. The Kier molecular flexibility index (Phi) is 3.19. The molecule has 4 rings (SSSR count). The number of ether oxygens (including phenoxy) is 1. The first-order valence-electron chi connectivity index (χ1n) is 7.86. The van der Waals surface area contributed by atoms with E-state index in [1.54, 1.807) is 11.3 Å². The van der Waals surface area contributed by atoms with Crippen molar-refractivity contribution in [1.29, 1.82) is 0 Å². The molecule has 1 atom stereocenters. The highest BCUT2D eigenvalue weighted by atomic mass is 32.1. The van der Waals surface area contributed by atoms with Crippen molar-refractivity contribution in [2.24, 2.45) is 7.05 Å². The summed E-state index contributed by atoms with van der Waals surface area (Å²) in [6.45, 7) is 5.17. The molecule has 0 unspecified atom stereocenters. The Morgan fingerprint density at radius 2 is 2.05 bits per heavy atom. The highest BCUT2D eigenvalue weighted by Crippen LogP contribution is 2.38. The molecular weight excluding hydrogens is 284 g/mol. The molecule has 0 bridgehead atoms. The summed E-state index contributed by atoms with van der Waals surface area (Å²) in [4.78, 5) is 7.26. The monoisotopic (exact) mass is 306 g/mol. The van der Waals surface area contributed by atoms with Crippen molar-refractivity contribution in [3.05, 3.63) is 5.69 Å². The molecule has 0 aliphatic carbocycles. The van der Waals surface area contributed by atoms with Gasteiger partial charge in [-0.05, 0) is 39.0 Å². The van der Waals surface area contributed by atoms with Crippen LogP contribution < -0.4 is 4.90 Å². The summed E-state index contributed by atoms with van der Waals surface area (Å²) >= 11 is 1.78. The fourth-order valence-electron chi connectivity index (χ4n) is 3.72. The van der Waals surface area contributed by atoms with Gasteiger partial charge in [-0.1, -0.05) is 11.3 Å². The van der Waals surface area contributed by atoms with Gasteiger partial charge in [-0.3, -0.25) is 0 Å². The van der Waals surface area contributed by atoms with Crippen molar-refractivity contribution >= 4 is 26.8 Å². The second-order valence-corrected chi connectivity index (χ2v) is 7.31. The Morgan fingerprint density at radius 1 is 1.19 bits per heavy atom. The Labute approximate surface area is 128 Å². The third-order valence-corrected chi connectivity index (χ3v) is 6.10. The lowest BCUT2D eigenvalue weighted by molar-refractivity contribution is -0.00491. The summed E-state index contributed by atoms with van der Waals surface area (Å²) in [6, 6.07) is 0. The summed E-state index contributed by atoms with van der Waals surface area (Å²) in [5, 5.41) is 5.59. The Balaban J connectivity index is 1.58. The van der Waals surface area contributed by atoms with E-state index in [0.717, 1.165) is 42.6 Å². The first-order valence-corrected chi connectivity index (χ1v) is 8.68. The van der Waals surface area contributed by atoms with Gasteiger partial charge >= 0.3 is 0 Å². The predicted octanol–water partition coefficient (Wildman–Crippen LogP) is 2.88. The molecule has 6 heteroatoms. The van der Waals surface area contributed by atoms with E-state index in [2.05, 4.69) is 16.9 Å². The van der Waals surface area contributed by atoms with E-state index in [1.165, 1.54) is 30.4 Å². The van der Waals surface area contributed by atoms with E-state index in [0.29, 0.717) is 0 Å². The molecule has 2 aromatic heterocycles. The van der Waals surface area contributed by atoms with Crippen LogP contribution >= 0.6 is 11.3 Å². The fourth-order valence-corrected chi connectivity index (χ4v) is 4.80. The molecule has 21 heavy (non-hydrogen) atoms. The van der Waals surface area contributed by atoms with Gasteiger partial charge in [0.15, 0.2) is 10.8 Å². The smallest absolute Gasteiger partial charge is 0.188 e. The minimum Gasteiger partial charge on any atom is -0.375 e. The fraction of sp³-hybridized carbons (Fsp3) is 0.733. The molecule has 2 aliphatic heterocycles. The van der Waals surface area contributed by atoms with Gasteiger partial charge in [0.05, 0.1) is 16.0 Å². The van der Waals surface area contributed by atoms with E-state index in [9.17, 15) is 0 Å². The number of thiazole rings is 1. The maximum absolute atomic E-state index is 6.07. The van der Waals surface area contributed by atoms with Gasteiger partial charge in [-0.2, -0.15) is 5.10 Å². The molecule has 2 fully saturated rings. The molecule has 0 radical (unpaired) electrons. The lowest BCUT2D eigenvalue weighted by Gasteiger charge is -2.26. The zero-order valence-electron chi connectivity index (χ0n) is 12.8. The molecule has 0 saturated carbocycles. The number of hydrogen-bond acceptors (Lipinski definition) is 5. The molecule has 2 aromatic rings. The predicted molar refractivity (Wildman–Crippen MR) is 85.1 cm³/mol. The third-order valence-electron chi connectivity index (χ3n) is 4.89. The van der Waals surface area contributed by atoms with Gasteiger partial charge in [-0.15, -0.1) is 0 Å². The van der Waals surface area contributed by atoms with Crippen molar-refractivity contribution < 1.29 is 4.74 Å². The van der Waals surface area contributed by atoms with Crippen LogP contribution in [0.4, 0.5) is 5.13 Å². The zero-order valence-corrected chi connectivity index (χ0v) is 13.6. The number of aromatic nitrogens is 3. The van der Waals surface area contributed by atoms with E-state index >= 15 is 0 Å². The molecule has 0 aromatic carbocycles. The Bertz CT molecular complexity index is 621. The maximum atomic E-state index is 6.07. The van der Waals surface area contributed by atoms with Gasteiger partial charge in [0.25, 0.3) is 0 Å². The average molecular weight is 306 g/mol. The number of aryl methyl sites for hydroxylation is 2. The zero-order chi connectivity index (χ0) is 14.4. The number of fused-ring (bicyclic) bond motifs is 1. The molecule has 5 nitrogen and oxygen atoms in total. The SMILES string of the molecule is Cc1nn(C)c2nc(N3CCC[C@@]4(CCCO4)CC3)sc12. The highest BCUT2D eigenvalue weighted by molar-refractivity contribution is 7.22. The normalized spacial score (nSPS) is 26.9. The lowest BCUT2D eigenvalue weighted by atomic mass is 9.92. The number of rotatable bonds is 1. The van der Waals surface area contributed by atoms with Crippen LogP contribution in [0.5, 0.6) is 0 Å². The molecule has 114 valence electrons. The Hall–Kier alpha value is -1.14. The van der Waals surface area contributed by atoms with Crippen molar-refractivity contribution in [3.8, 4) is 0 Å². The molecule has 0 N–H and O–H groups in total. The topological polar surface area (TPSA) is 43.2 Å². The second kappa shape index (κ2) is 4.95. The quantitative estimate of drug-likeness (QED) is 0.812. The maximum Gasteiger partial charge on any atom is 0.188 e. The standard InChI is InChI=1S/C15H22N4OS/c1-11-12-13(18(2)17-11)16-14(21-12)19-8-3-5-15(7-9-19)6-4-10-20-15/h3-10H2,1-2H3/t15-/m1/s1. The Morgan fingerprint density at radius 3 is 2.81 bits per heavy atom. The van der Waals surface area contributed by atoms with Crippen molar-refractivity contribution in [1.82, 2.24) is 14.8 Å². The van der Waals surface area contributed by atoms with E-state index in [-0.39, 0.29) is 5.60 Å². The van der Waals surface area contributed by atoms with Crippen LogP contribution in [-0.2, 0) is 11.8 Å². The van der Waals surface area contributed by atoms with Crippen LogP contribution in [0.25, 0.3) is 10.3 Å². The van der Waals surface area contributed by atoms with Gasteiger partial charge < -0.3 is 9.64 Å². The van der Waals surface area contributed by atoms with Crippen LogP contribution in [0, 0.1) is 6.92 Å². The van der Waals surface area contributed by atoms with Crippen molar-refractivity contribution in [3.63, 3.8) is 0 Å². The van der Waals surface area contributed by atoms with Gasteiger partial charge in [0.2, 0.25) is 0 Å². The summed E-state index contributed by atoms with van der Waals surface area (Å²) in [6.07, 6.45) is 6.01. The molecule has 2 aliphatic rings. The number of nitrogens with zero attached hydrogens (tertiary/aromatic N) is 4. The van der Waals surface area contributed by atoms with Gasteiger partial charge in [0, 0.05) is 26.7 Å². The van der Waals surface area contributed by atoms with E-state index in [4.69, 9.17) is 9.72 Å². The second-order valence-electron chi connectivity index (χ2n) is 6.33. The lowest BCUT2D eigenvalue weighted by Crippen LogP contribution is -2.30. The van der Waals surface area contributed by atoms with Crippen LogP contribution in [0.3, 0.4) is 0 Å². The average Bonchev–Trinajstić information content (AvgIpc) is 3.10. The number of hydrogen-bond donors (Lipinski definition) is 0. The van der Waals surface area contributed by atoms with E-state index < -0.39 is 0 Å². The van der Waals surface area contributed by atoms with Crippen LogP contribution in [0.2, 0.25) is 0 Å². The van der Waals surface area contributed by atoms with Crippen LogP contribution in [0.1, 0.15) is 37.8 Å². The molecular formula is C15H22N4OS. The van der Waals surface area contributed by atoms with Gasteiger partial charge in [-0.25, -0.2) is 9.67 Å². The van der Waals surface area contributed by atoms with Crippen molar-refractivity contribution in [2.75, 3.05) is 24.6 Å². The first-order chi connectivity index (χ1) is 10.2. The summed E-state index contributed by atoms with van der Waals surface area (Å²) in [5.74, 6) is 0. The number of anilines is 1. The minimum absolute atomic E-state index is 0.170. The summed E-state index contributed by atoms with van der Waals surface area (Å²) in [7, 11) is 1.97. The van der Waals surface area contributed by atoms with Crippen molar-refractivity contribution in [2.45, 2.75) is 44.6 Å². The molecule has 0 amide bonds. The third kappa shape index (κ3) is 2.25. The van der Waals surface area contributed by atoms with E-state index in [1.807, 2.05) is 11.7 Å². The molecule has 2 saturated heterocycles. The molecule has 4 heterocycles. The minimum atomic E-state index is 0.170. The van der Waals surface area contributed by atoms with Crippen LogP contribution in [0.15, 0.2) is 0 Å². The summed E-state index contributed by atoms with van der Waals surface area (Å²) in [5.41, 5.74) is 2.27. The summed E-state index contributed by atoms with van der Waals surface area (Å²) < 4.78 is 9.19. The van der Waals surface area contributed by atoms with Crippen LogP contribution in [-0.4, -0.2) is 40.1 Å². The molecule has 1 spiro atoms. The highest BCUT2D eigenvalue weighted by Gasteiger charge is 2.37. The first kappa shape index (κ1) is 13.5.